The summed E-state index contributed by atoms with van der Waals surface area (Å²) in [7, 11) is 0. The van der Waals surface area contributed by atoms with Crippen LogP contribution >= 0.6 is 0 Å². The molecule has 1 aliphatic rings. The van der Waals surface area contributed by atoms with Crippen LogP contribution in [-0.4, -0.2) is 61.5 Å². The average Bonchev–Trinajstić information content (AvgIpc) is 3.88. The van der Waals surface area contributed by atoms with Crippen molar-refractivity contribution in [3.05, 3.63) is 132 Å². The maximum atomic E-state index is 9.77. The van der Waals surface area contributed by atoms with Crippen molar-refractivity contribution in [3.63, 3.8) is 0 Å². The van der Waals surface area contributed by atoms with Gasteiger partial charge in [0, 0.05) is 29.8 Å². The minimum Gasteiger partial charge on any atom is -0.494 e. The molecule has 0 spiro atoms. The number of ether oxygens (including phenoxy) is 4. The van der Waals surface area contributed by atoms with Gasteiger partial charge in [0.1, 0.15) is 28.6 Å². The van der Waals surface area contributed by atoms with Crippen molar-refractivity contribution < 1.29 is 24.1 Å². The molecular formula is C41H40N6O5. The highest BCUT2D eigenvalue weighted by Gasteiger charge is 2.16. The molecule has 6 aromatic rings. The van der Waals surface area contributed by atoms with Crippen LogP contribution in [0.25, 0.3) is 23.0 Å². The van der Waals surface area contributed by atoms with E-state index in [2.05, 4.69) is 32.8 Å². The summed E-state index contributed by atoms with van der Waals surface area (Å²) >= 11 is 0. The lowest BCUT2D eigenvalue weighted by atomic mass is 10.1. The van der Waals surface area contributed by atoms with Gasteiger partial charge in [-0.1, -0.05) is 52.9 Å². The number of aliphatic hydroxyl groups excluding tert-OH is 1. The van der Waals surface area contributed by atoms with Crippen LogP contribution in [0.4, 0.5) is 0 Å². The van der Waals surface area contributed by atoms with E-state index in [1.165, 1.54) is 0 Å². The van der Waals surface area contributed by atoms with Crippen molar-refractivity contribution in [2.45, 2.75) is 45.1 Å². The molecule has 3 heterocycles. The summed E-state index contributed by atoms with van der Waals surface area (Å²) in [5, 5.41) is 27.8. The van der Waals surface area contributed by atoms with Gasteiger partial charge in [0.2, 0.25) is 0 Å². The number of hydrogen-bond donors (Lipinski definition) is 1. The Hall–Kier alpha value is -6.12. The zero-order valence-electron chi connectivity index (χ0n) is 28.9. The second-order valence-electron chi connectivity index (χ2n) is 12.4. The first-order valence-electron chi connectivity index (χ1n) is 17.6. The number of benzene rings is 3. The Balaban J connectivity index is 1.12. The van der Waals surface area contributed by atoms with Gasteiger partial charge in [-0.3, -0.25) is 0 Å². The van der Waals surface area contributed by atoms with Gasteiger partial charge in [-0.25, -0.2) is 9.36 Å². The van der Waals surface area contributed by atoms with Crippen molar-refractivity contribution in [1.29, 1.82) is 0 Å². The minimum atomic E-state index is -0.0818. The highest BCUT2D eigenvalue weighted by molar-refractivity contribution is 5.88. The SMILES string of the molecule is OCc1cc2cc(c1)OCCCCCOc1cccc(c1)-n1cc(nn1)/C(=C\c1ccccc1)c1cn(nn1)-c1cc#cc(c1)OCCCCCO2. The number of aliphatic hydroxyl groups is 1. The first-order chi connectivity index (χ1) is 25.7. The maximum Gasteiger partial charge on any atom is 0.172 e. The van der Waals surface area contributed by atoms with Gasteiger partial charge in [0.15, 0.2) is 5.75 Å². The number of rotatable bonds is 2. The van der Waals surface area contributed by atoms with Gasteiger partial charge in [0.25, 0.3) is 0 Å². The fraction of sp³-hybridized carbons (Fsp3) is 0.268. The molecule has 0 saturated heterocycles. The van der Waals surface area contributed by atoms with Crippen molar-refractivity contribution in [2.24, 2.45) is 0 Å². The Morgan fingerprint density at radius 2 is 1.27 bits per heavy atom. The van der Waals surface area contributed by atoms with Crippen LogP contribution in [0.3, 0.4) is 0 Å². The van der Waals surface area contributed by atoms with Crippen molar-refractivity contribution in [2.75, 3.05) is 26.4 Å². The molecule has 0 unspecified atom stereocenters. The summed E-state index contributed by atoms with van der Waals surface area (Å²) in [6.45, 7) is 2.14. The number of nitrogens with zero attached hydrogens (tertiary/aromatic N) is 6. The van der Waals surface area contributed by atoms with Gasteiger partial charge in [-0.2, -0.15) is 0 Å². The highest BCUT2D eigenvalue weighted by Crippen LogP contribution is 2.27. The number of aromatic nitrogens is 6. The van der Waals surface area contributed by atoms with Crippen molar-refractivity contribution >= 4 is 11.6 Å². The molecule has 1 aliphatic heterocycles. The quantitative estimate of drug-likeness (QED) is 0.202. The van der Waals surface area contributed by atoms with E-state index in [-0.39, 0.29) is 6.61 Å². The standard InChI is InChI=1S/C41H40N6O5/c48-30-32-22-37-27-38(23-32)52-21-9-3-7-19-50-36-17-11-15-34(26-36)47-29-41(43-45-47)39(24-31-12-4-1-5-13-31)40-28-46(44-42-40)33-14-10-16-35(25-33)49-18-6-2-8-20-51-37/h1,4-5,10,12-16,22-29,48H,2-3,6-9,18-21,30H2/b39-24+. The third-order valence-electron chi connectivity index (χ3n) is 8.45. The monoisotopic (exact) mass is 696 g/mol. The molecule has 264 valence electrons. The second-order valence-corrected chi connectivity index (χ2v) is 12.4. The summed E-state index contributed by atoms with van der Waals surface area (Å²) in [6.07, 6.45) is 11.1. The van der Waals surface area contributed by atoms with Crippen molar-refractivity contribution in [3.8, 4) is 34.4 Å². The van der Waals surface area contributed by atoms with Gasteiger partial charge in [-0.05, 0) is 86.1 Å². The topological polar surface area (TPSA) is 119 Å². The van der Waals surface area contributed by atoms with Crippen LogP contribution in [0.2, 0.25) is 0 Å². The van der Waals surface area contributed by atoms with Gasteiger partial charge in [-0.15, -0.1) is 10.2 Å². The molecule has 10 bridgehead atoms. The lowest BCUT2D eigenvalue weighted by Gasteiger charge is -2.12. The van der Waals surface area contributed by atoms with E-state index in [0.29, 0.717) is 55.1 Å². The smallest absolute Gasteiger partial charge is 0.172 e. The van der Waals surface area contributed by atoms with E-state index >= 15 is 0 Å². The van der Waals surface area contributed by atoms with Crippen LogP contribution in [0.1, 0.15) is 61.0 Å². The van der Waals surface area contributed by atoms with Gasteiger partial charge < -0.3 is 24.1 Å². The summed E-state index contributed by atoms with van der Waals surface area (Å²) in [4.78, 5) is 0. The minimum absolute atomic E-state index is 0.0818. The van der Waals surface area contributed by atoms with Crippen LogP contribution < -0.4 is 18.9 Å². The fourth-order valence-corrected chi connectivity index (χ4v) is 5.74. The molecule has 0 fully saturated rings. The molecule has 2 aromatic heterocycles. The van der Waals surface area contributed by atoms with Crippen LogP contribution in [0.15, 0.2) is 97.3 Å². The predicted octanol–water partition coefficient (Wildman–Crippen LogP) is 7.10. The van der Waals surface area contributed by atoms with Crippen LogP contribution in [0, 0.1) is 12.1 Å². The number of fused-ring (bicyclic) bond motifs is 12. The molecule has 52 heavy (non-hydrogen) atoms. The summed E-state index contributed by atoms with van der Waals surface area (Å²) < 4.78 is 27.6. The van der Waals surface area contributed by atoms with Crippen LogP contribution in [-0.2, 0) is 6.61 Å². The van der Waals surface area contributed by atoms with E-state index in [9.17, 15) is 5.11 Å². The molecule has 4 aromatic carbocycles. The largest absolute Gasteiger partial charge is 0.494 e. The van der Waals surface area contributed by atoms with E-state index in [1.807, 2.05) is 97.3 Å². The first-order valence-corrected chi connectivity index (χ1v) is 17.6. The summed E-state index contributed by atoms with van der Waals surface area (Å²) in [6, 6.07) is 33.2. The molecule has 0 radical (unpaired) electrons. The molecule has 0 atom stereocenters. The summed E-state index contributed by atoms with van der Waals surface area (Å²) in [5.74, 6) is 2.71. The van der Waals surface area contributed by atoms with E-state index < -0.39 is 0 Å². The Kier molecular flexibility index (Phi) is 11.4. The van der Waals surface area contributed by atoms with Crippen LogP contribution in [0.5, 0.6) is 23.0 Å². The molecule has 11 heteroatoms. The molecule has 0 saturated carbocycles. The Bertz CT molecular complexity index is 1960. The number of hydrogen-bond acceptors (Lipinski definition) is 9. The molecule has 7 rings (SSSR count). The lowest BCUT2D eigenvalue weighted by Crippen LogP contribution is -2.03. The zero-order chi connectivity index (χ0) is 35.4. The summed E-state index contributed by atoms with van der Waals surface area (Å²) in [5.41, 5.74) is 5.37. The molecule has 0 amide bonds. The Morgan fingerprint density at radius 3 is 1.94 bits per heavy atom. The molecule has 11 nitrogen and oxygen atoms in total. The molecule has 0 aliphatic carbocycles. The lowest BCUT2D eigenvalue weighted by molar-refractivity contribution is 0.264. The van der Waals surface area contributed by atoms with Gasteiger partial charge in [0.05, 0.1) is 56.8 Å². The highest BCUT2D eigenvalue weighted by atomic mass is 16.5. The fourth-order valence-electron chi connectivity index (χ4n) is 5.74. The third-order valence-corrected chi connectivity index (χ3v) is 8.45. The zero-order valence-corrected chi connectivity index (χ0v) is 28.9. The Labute approximate surface area is 303 Å². The molecular weight excluding hydrogens is 656 g/mol. The Morgan fingerprint density at radius 1 is 0.635 bits per heavy atom. The second kappa shape index (κ2) is 17.2. The molecule has 1 N–H and O–H groups in total. The van der Waals surface area contributed by atoms with E-state index in [0.717, 1.165) is 72.3 Å². The van der Waals surface area contributed by atoms with Crippen molar-refractivity contribution in [1.82, 2.24) is 30.0 Å². The predicted molar refractivity (Wildman–Crippen MR) is 196 cm³/mol. The van der Waals surface area contributed by atoms with E-state index in [4.69, 9.17) is 18.9 Å². The van der Waals surface area contributed by atoms with Gasteiger partial charge >= 0.3 is 0 Å². The first kappa shape index (κ1) is 34.3. The van der Waals surface area contributed by atoms with E-state index in [1.54, 1.807) is 15.4 Å². The third kappa shape index (κ3) is 9.15. The normalized spacial score (nSPS) is 15.2. The average molecular weight is 697 g/mol. The maximum absolute atomic E-state index is 9.77.